The molecule has 1 aliphatic rings. The smallest absolute Gasteiger partial charge is 0.315 e. The summed E-state index contributed by atoms with van der Waals surface area (Å²) in [5, 5.41) is 2.27. The molecule has 0 aromatic carbocycles. The normalized spacial score (nSPS) is 19.9. The standard InChI is InChI=1S/C10H18N2O2/c1-7(10(2,3)4)5-12-6-8(13)11-9(12)14/h7H,5-6H2,1-4H3,(H,11,13,14). The predicted molar refractivity (Wildman–Crippen MR) is 53.7 cm³/mol. The van der Waals surface area contributed by atoms with Gasteiger partial charge in [-0.15, -0.1) is 0 Å². The maximum Gasteiger partial charge on any atom is 0.324 e. The quantitative estimate of drug-likeness (QED) is 0.678. The minimum absolute atomic E-state index is 0.159. The van der Waals surface area contributed by atoms with Gasteiger partial charge in [-0.25, -0.2) is 4.79 Å². The highest BCUT2D eigenvalue weighted by atomic mass is 16.2. The van der Waals surface area contributed by atoms with Crippen molar-refractivity contribution in [3.63, 3.8) is 0 Å². The van der Waals surface area contributed by atoms with E-state index in [1.807, 2.05) is 0 Å². The Balaban J connectivity index is 2.53. The fraction of sp³-hybridized carbons (Fsp3) is 0.800. The van der Waals surface area contributed by atoms with Gasteiger partial charge in [0.25, 0.3) is 0 Å². The van der Waals surface area contributed by atoms with Crippen molar-refractivity contribution in [3.8, 4) is 0 Å². The zero-order valence-corrected chi connectivity index (χ0v) is 9.26. The van der Waals surface area contributed by atoms with Crippen LogP contribution in [0.4, 0.5) is 4.79 Å². The second kappa shape index (κ2) is 3.59. The Morgan fingerprint density at radius 3 is 2.36 bits per heavy atom. The van der Waals surface area contributed by atoms with Gasteiger partial charge in [-0.1, -0.05) is 27.7 Å². The number of amides is 3. The third-order valence-corrected chi connectivity index (χ3v) is 2.84. The molecule has 0 aromatic rings. The number of urea groups is 1. The number of nitrogens with zero attached hydrogens (tertiary/aromatic N) is 1. The van der Waals surface area contributed by atoms with Gasteiger partial charge in [-0.3, -0.25) is 10.1 Å². The van der Waals surface area contributed by atoms with E-state index in [4.69, 9.17) is 0 Å². The summed E-state index contributed by atoms with van der Waals surface area (Å²) in [6.45, 7) is 9.34. The lowest BCUT2D eigenvalue weighted by Gasteiger charge is -2.30. The molecule has 1 heterocycles. The predicted octanol–water partition coefficient (Wildman–Crippen LogP) is 1.22. The fourth-order valence-electron chi connectivity index (χ4n) is 1.23. The molecule has 0 spiro atoms. The molecular formula is C10H18N2O2. The maximum atomic E-state index is 11.2. The summed E-state index contributed by atoms with van der Waals surface area (Å²) in [6.07, 6.45) is 0. The SMILES string of the molecule is CC(CN1CC(=O)NC1=O)C(C)(C)C. The van der Waals surface area contributed by atoms with Crippen molar-refractivity contribution >= 4 is 11.9 Å². The highest BCUT2D eigenvalue weighted by Crippen LogP contribution is 2.26. The van der Waals surface area contributed by atoms with E-state index in [1.54, 1.807) is 4.90 Å². The van der Waals surface area contributed by atoms with Crippen molar-refractivity contribution in [2.24, 2.45) is 11.3 Å². The van der Waals surface area contributed by atoms with Crippen LogP contribution in [0.1, 0.15) is 27.7 Å². The van der Waals surface area contributed by atoms with Crippen molar-refractivity contribution in [1.82, 2.24) is 10.2 Å². The van der Waals surface area contributed by atoms with Gasteiger partial charge in [0.1, 0.15) is 6.54 Å². The molecule has 0 bridgehead atoms. The van der Waals surface area contributed by atoms with Crippen molar-refractivity contribution in [2.45, 2.75) is 27.7 Å². The average molecular weight is 198 g/mol. The minimum Gasteiger partial charge on any atom is -0.315 e. The van der Waals surface area contributed by atoms with Crippen LogP contribution in [0.3, 0.4) is 0 Å². The van der Waals surface area contributed by atoms with Crippen LogP contribution in [-0.4, -0.2) is 29.9 Å². The zero-order chi connectivity index (χ0) is 10.9. The van der Waals surface area contributed by atoms with E-state index >= 15 is 0 Å². The van der Waals surface area contributed by atoms with Gasteiger partial charge in [0, 0.05) is 6.54 Å². The van der Waals surface area contributed by atoms with Gasteiger partial charge < -0.3 is 4.90 Å². The maximum absolute atomic E-state index is 11.2. The largest absolute Gasteiger partial charge is 0.324 e. The van der Waals surface area contributed by atoms with Crippen LogP contribution in [0.2, 0.25) is 0 Å². The molecular weight excluding hydrogens is 180 g/mol. The van der Waals surface area contributed by atoms with E-state index in [9.17, 15) is 9.59 Å². The Morgan fingerprint density at radius 2 is 2.00 bits per heavy atom. The molecule has 1 fully saturated rings. The molecule has 1 atom stereocenters. The van der Waals surface area contributed by atoms with Gasteiger partial charge in [-0.2, -0.15) is 0 Å². The number of hydrogen-bond donors (Lipinski definition) is 1. The Hall–Kier alpha value is -1.06. The van der Waals surface area contributed by atoms with Crippen LogP contribution in [-0.2, 0) is 4.79 Å². The van der Waals surface area contributed by atoms with E-state index in [0.717, 1.165) is 0 Å². The van der Waals surface area contributed by atoms with Crippen molar-refractivity contribution in [3.05, 3.63) is 0 Å². The molecule has 1 rings (SSSR count). The van der Waals surface area contributed by atoms with Crippen molar-refractivity contribution in [2.75, 3.05) is 13.1 Å². The topological polar surface area (TPSA) is 49.4 Å². The highest BCUT2D eigenvalue weighted by molar-refractivity contribution is 6.01. The summed E-state index contributed by atoms with van der Waals surface area (Å²) in [5.41, 5.74) is 0.159. The van der Waals surface area contributed by atoms with E-state index in [0.29, 0.717) is 12.5 Å². The molecule has 4 nitrogen and oxygen atoms in total. The fourth-order valence-corrected chi connectivity index (χ4v) is 1.23. The summed E-state index contributed by atoms with van der Waals surface area (Å²) in [7, 11) is 0. The number of carbonyl (C=O) groups excluding carboxylic acids is 2. The Kier molecular flexibility index (Phi) is 2.83. The van der Waals surface area contributed by atoms with Crippen LogP contribution in [0.25, 0.3) is 0 Å². The number of carbonyl (C=O) groups is 2. The van der Waals surface area contributed by atoms with E-state index in [1.165, 1.54) is 0 Å². The lowest BCUT2D eigenvalue weighted by atomic mass is 9.82. The average Bonchev–Trinajstić information content (AvgIpc) is 2.28. The molecule has 80 valence electrons. The van der Waals surface area contributed by atoms with Crippen LogP contribution >= 0.6 is 0 Å². The number of rotatable bonds is 2. The second-order valence-corrected chi connectivity index (χ2v) is 5.00. The van der Waals surface area contributed by atoms with Gasteiger partial charge in [0.05, 0.1) is 0 Å². The molecule has 14 heavy (non-hydrogen) atoms. The Bertz CT molecular complexity index is 255. The van der Waals surface area contributed by atoms with Crippen LogP contribution < -0.4 is 5.32 Å². The highest BCUT2D eigenvalue weighted by Gasteiger charge is 2.30. The first kappa shape index (κ1) is 11.0. The Labute approximate surface area is 84.7 Å². The molecule has 3 amide bonds. The molecule has 0 aromatic heterocycles. The van der Waals surface area contributed by atoms with Crippen LogP contribution in [0, 0.1) is 11.3 Å². The summed E-state index contributed by atoms with van der Waals surface area (Å²) in [5.74, 6) is 0.176. The van der Waals surface area contributed by atoms with Gasteiger partial charge in [0.2, 0.25) is 5.91 Å². The lowest BCUT2D eigenvalue weighted by Crippen LogP contribution is -2.36. The van der Waals surface area contributed by atoms with Gasteiger partial charge in [0.15, 0.2) is 0 Å². The molecule has 1 aliphatic heterocycles. The molecule has 1 N–H and O–H groups in total. The third-order valence-electron chi connectivity index (χ3n) is 2.84. The molecule has 0 saturated carbocycles. The summed E-state index contributed by atoms with van der Waals surface area (Å²) >= 11 is 0. The van der Waals surface area contributed by atoms with E-state index in [-0.39, 0.29) is 23.9 Å². The number of hydrogen-bond acceptors (Lipinski definition) is 2. The molecule has 0 aliphatic carbocycles. The summed E-state index contributed by atoms with van der Waals surface area (Å²) in [4.78, 5) is 23.7. The zero-order valence-electron chi connectivity index (χ0n) is 9.26. The van der Waals surface area contributed by atoms with Crippen molar-refractivity contribution in [1.29, 1.82) is 0 Å². The third kappa shape index (κ3) is 2.47. The monoisotopic (exact) mass is 198 g/mol. The second-order valence-electron chi connectivity index (χ2n) is 5.00. The Morgan fingerprint density at radius 1 is 1.43 bits per heavy atom. The van der Waals surface area contributed by atoms with Crippen molar-refractivity contribution < 1.29 is 9.59 Å². The number of imide groups is 1. The molecule has 1 saturated heterocycles. The minimum atomic E-state index is -0.258. The van der Waals surface area contributed by atoms with E-state index in [2.05, 4.69) is 33.0 Å². The lowest BCUT2D eigenvalue weighted by molar-refractivity contribution is -0.118. The van der Waals surface area contributed by atoms with Crippen LogP contribution in [0.5, 0.6) is 0 Å². The first-order valence-corrected chi connectivity index (χ1v) is 4.89. The van der Waals surface area contributed by atoms with Gasteiger partial charge >= 0.3 is 6.03 Å². The first-order valence-electron chi connectivity index (χ1n) is 4.89. The van der Waals surface area contributed by atoms with E-state index < -0.39 is 0 Å². The van der Waals surface area contributed by atoms with Gasteiger partial charge in [-0.05, 0) is 11.3 Å². The number of nitrogens with one attached hydrogen (secondary N) is 1. The molecule has 4 heteroatoms. The summed E-state index contributed by atoms with van der Waals surface area (Å²) in [6, 6.07) is -0.258. The first-order chi connectivity index (χ1) is 6.30. The molecule has 0 radical (unpaired) electrons. The molecule has 1 unspecified atom stereocenters. The van der Waals surface area contributed by atoms with Crippen LogP contribution in [0.15, 0.2) is 0 Å². The summed E-state index contributed by atoms with van der Waals surface area (Å²) < 4.78 is 0.